The highest BCUT2D eigenvalue weighted by molar-refractivity contribution is 9.10. The number of nitrogen functional groups attached to an aromatic ring is 1. The summed E-state index contributed by atoms with van der Waals surface area (Å²) >= 11 is 3.42. The van der Waals surface area contributed by atoms with Gasteiger partial charge in [-0.25, -0.2) is 0 Å². The van der Waals surface area contributed by atoms with Crippen LogP contribution >= 0.6 is 15.9 Å². The Balaban J connectivity index is 2.07. The molecule has 1 aliphatic rings. The van der Waals surface area contributed by atoms with Crippen molar-refractivity contribution in [3.63, 3.8) is 0 Å². The summed E-state index contributed by atoms with van der Waals surface area (Å²) in [7, 11) is 0. The van der Waals surface area contributed by atoms with Crippen molar-refractivity contribution in [1.82, 2.24) is 14.8 Å². The number of rotatable bonds is 2. The van der Waals surface area contributed by atoms with Gasteiger partial charge in [0.1, 0.15) is 5.82 Å². The van der Waals surface area contributed by atoms with E-state index in [1.807, 2.05) is 25.1 Å². The zero-order valence-corrected chi connectivity index (χ0v) is 12.5. The normalized spacial score (nSPS) is 16.1. The summed E-state index contributed by atoms with van der Waals surface area (Å²) in [4.78, 5) is 0. The minimum absolute atomic E-state index is 0.537. The van der Waals surface area contributed by atoms with Gasteiger partial charge in [0.2, 0.25) is 0 Å². The van der Waals surface area contributed by atoms with Gasteiger partial charge in [0.05, 0.1) is 0 Å². The first-order chi connectivity index (χ1) is 9.16. The van der Waals surface area contributed by atoms with E-state index in [2.05, 4.69) is 30.7 Å². The molecular formula is C14H17BrN4. The zero-order chi connectivity index (χ0) is 13.4. The highest BCUT2D eigenvalue weighted by atomic mass is 79.9. The Hall–Kier alpha value is -1.36. The van der Waals surface area contributed by atoms with Gasteiger partial charge in [0.15, 0.2) is 5.82 Å². The van der Waals surface area contributed by atoms with E-state index < -0.39 is 0 Å². The number of benzene rings is 1. The molecule has 2 N–H and O–H groups in total. The molecule has 0 bridgehead atoms. The summed E-state index contributed by atoms with van der Waals surface area (Å²) in [6.45, 7) is 2.02. The van der Waals surface area contributed by atoms with Crippen LogP contribution in [0.4, 0.5) is 5.69 Å². The number of hydrogen-bond acceptors (Lipinski definition) is 3. The Morgan fingerprint density at radius 3 is 2.68 bits per heavy atom. The monoisotopic (exact) mass is 320 g/mol. The molecule has 1 heterocycles. The molecule has 5 heteroatoms. The summed E-state index contributed by atoms with van der Waals surface area (Å²) < 4.78 is 3.19. The maximum Gasteiger partial charge on any atom is 0.164 e. The van der Waals surface area contributed by atoms with Gasteiger partial charge in [0, 0.05) is 21.8 Å². The quantitative estimate of drug-likeness (QED) is 0.858. The van der Waals surface area contributed by atoms with E-state index in [4.69, 9.17) is 5.73 Å². The van der Waals surface area contributed by atoms with E-state index >= 15 is 0 Å². The van der Waals surface area contributed by atoms with E-state index in [9.17, 15) is 0 Å². The Labute approximate surface area is 121 Å². The SMILES string of the molecule is Cc1nnc(-c2ccc(Br)c(N)c2)n1C1CCCC1. The van der Waals surface area contributed by atoms with Gasteiger partial charge < -0.3 is 10.3 Å². The van der Waals surface area contributed by atoms with Crippen molar-refractivity contribution < 1.29 is 0 Å². The van der Waals surface area contributed by atoms with E-state index in [1.54, 1.807) is 0 Å². The number of aromatic nitrogens is 3. The van der Waals surface area contributed by atoms with E-state index in [1.165, 1.54) is 25.7 Å². The Morgan fingerprint density at radius 2 is 2.00 bits per heavy atom. The predicted octanol–water partition coefficient (Wildman–Crippen LogP) is 3.71. The fourth-order valence-electron chi connectivity index (χ4n) is 2.85. The van der Waals surface area contributed by atoms with Gasteiger partial charge in [-0.05, 0) is 53.9 Å². The van der Waals surface area contributed by atoms with Crippen LogP contribution in [0.15, 0.2) is 22.7 Å². The fourth-order valence-corrected chi connectivity index (χ4v) is 3.10. The molecule has 1 aliphatic carbocycles. The van der Waals surface area contributed by atoms with Crippen LogP contribution < -0.4 is 5.73 Å². The molecule has 0 saturated heterocycles. The predicted molar refractivity (Wildman–Crippen MR) is 79.8 cm³/mol. The van der Waals surface area contributed by atoms with Gasteiger partial charge in [-0.15, -0.1) is 10.2 Å². The third kappa shape index (κ3) is 2.27. The Bertz CT molecular complexity index is 599. The van der Waals surface area contributed by atoms with Crippen molar-refractivity contribution in [1.29, 1.82) is 0 Å². The third-order valence-electron chi connectivity index (χ3n) is 3.81. The number of nitrogens with two attached hydrogens (primary N) is 1. The maximum atomic E-state index is 5.96. The lowest BCUT2D eigenvalue weighted by Gasteiger charge is -2.16. The molecule has 1 aromatic carbocycles. The van der Waals surface area contributed by atoms with Crippen molar-refractivity contribution in [2.24, 2.45) is 0 Å². The molecule has 0 unspecified atom stereocenters. The summed E-state index contributed by atoms with van der Waals surface area (Å²) in [6, 6.07) is 6.50. The third-order valence-corrected chi connectivity index (χ3v) is 4.53. The molecule has 2 aromatic rings. The van der Waals surface area contributed by atoms with Crippen LogP contribution in [0.5, 0.6) is 0 Å². The topological polar surface area (TPSA) is 56.7 Å². The molecule has 0 amide bonds. The standard InChI is InChI=1S/C14H17BrN4/c1-9-17-18-14(19(9)11-4-2-3-5-11)10-6-7-12(15)13(16)8-10/h6-8,11H,2-5,16H2,1H3. The average Bonchev–Trinajstić information content (AvgIpc) is 3.01. The van der Waals surface area contributed by atoms with Crippen molar-refractivity contribution in [3.8, 4) is 11.4 Å². The molecule has 1 aromatic heterocycles. The lowest BCUT2D eigenvalue weighted by molar-refractivity contribution is 0.510. The second-order valence-electron chi connectivity index (χ2n) is 5.12. The van der Waals surface area contributed by atoms with Gasteiger partial charge in [-0.1, -0.05) is 12.8 Å². The van der Waals surface area contributed by atoms with Crippen molar-refractivity contribution in [2.45, 2.75) is 38.6 Å². The molecule has 0 atom stereocenters. The number of hydrogen-bond donors (Lipinski definition) is 1. The molecule has 1 saturated carbocycles. The van der Waals surface area contributed by atoms with Crippen LogP contribution in [0.25, 0.3) is 11.4 Å². The molecule has 3 rings (SSSR count). The number of aryl methyl sites for hydroxylation is 1. The average molecular weight is 321 g/mol. The van der Waals surface area contributed by atoms with Crippen LogP contribution in [0.2, 0.25) is 0 Å². The summed E-state index contributed by atoms with van der Waals surface area (Å²) in [5.41, 5.74) is 7.73. The number of nitrogens with zero attached hydrogens (tertiary/aromatic N) is 3. The second kappa shape index (κ2) is 4.96. The van der Waals surface area contributed by atoms with E-state index in [-0.39, 0.29) is 0 Å². The minimum atomic E-state index is 0.537. The molecule has 19 heavy (non-hydrogen) atoms. The second-order valence-corrected chi connectivity index (χ2v) is 5.97. The molecule has 4 nitrogen and oxygen atoms in total. The molecule has 0 aliphatic heterocycles. The fraction of sp³-hybridized carbons (Fsp3) is 0.429. The van der Waals surface area contributed by atoms with Gasteiger partial charge in [-0.3, -0.25) is 0 Å². The van der Waals surface area contributed by atoms with E-state index in [0.717, 1.165) is 27.4 Å². The van der Waals surface area contributed by atoms with Crippen molar-refractivity contribution in [2.75, 3.05) is 5.73 Å². The van der Waals surface area contributed by atoms with Crippen LogP contribution in [0, 0.1) is 6.92 Å². The van der Waals surface area contributed by atoms with Crippen molar-refractivity contribution >= 4 is 21.6 Å². The van der Waals surface area contributed by atoms with Crippen molar-refractivity contribution in [3.05, 3.63) is 28.5 Å². The lowest BCUT2D eigenvalue weighted by Crippen LogP contribution is -2.08. The van der Waals surface area contributed by atoms with Crippen LogP contribution in [0.1, 0.15) is 37.5 Å². The number of halogens is 1. The lowest BCUT2D eigenvalue weighted by atomic mass is 10.1. The van der Waals surface area contributed by atoms with Gasteiger partial charge >= 0.3 is 0 Å². The van der Waals surface area contributed by atoms with Crippen LogP contribution in [-0.4, -0.2) is 14.8 Å². The maximum absolute atomic E-state index is 5.96. The zero-order valence-electron chi connectivity index (χ0n) is 10.9. The molecule has 0 spiro atoms. The van der Waals surface area contributed by atoms with Gasteiger partial charge in [-0.2, -0.15) is 0 Å². The first kappa shape index (κ1) is 12.7. The largest absolute Gasteiger partial charge is 0.398 e. The summed E-state index contributed by atoms with van der Waals surface area (Å²) in [5.74, 6) is 1.92. The van der Waals surface area contributed by atoms with Gasteiger partial charge in [0.25, 0.3) is 0 Å². The number of anilines is 1. The molecule has 1 fully saturated rings. The minimum Gasteiger partial charge on any atom is -0.398 e. The molecule has 0 radical (unpaired) electrons. The highest BCUT2D eigenvalue weighted by Gasteiger charge is 2.23. The first-order valence-corrected chi connectivity index (χ1v) is 7.43. The van der Waals surface area contributed by atoms with Crippen LogP contribution in [0.3, 0.4) is 0 Å². The van der Waals surface area contributed by atoms with Crippen LogP contribution in [-0.2, 0) is 0 Å². The summed E-state index contributed by atoms with van der Waals surface area (Å²) in [5, 5.41) is 8.59. The Morgan fingerprint density at radius 1 is 1.26 bits per heavy atom. The summed E-state index contributed by atoms with van der Waals surface area (Å²) in [6.07, 6.45) is 5.03. The van der Waals surface area contributed by atoms with E-state index in [0.29, 0.717) is 6.04 Å². The first-order valence-electron chi connectivity index (χ1n) is 6.63. The smallest absolute Gasteiger partial charge is 0.164 e. The highest BCUT2D eigenvalue weighted by Crippen LogP contribution is 2.34. The Kier molecular flexibility index (Phi) is 3.31. The molecule has 100 valence electrons. The molecular weight excluding hydrogens is 304 g/mol.